The number of para-hydroxylation sites is 2. The minimum atomic E-state index is 0.822. The summed E-state index contributed by atoms with van der Waals surface area (Å²) in [5, 5.41) is 4.46. The van der Waals surface area contributed by atoms with Crippen LogP contribution in [0.25, 0.3) is 10.9 Å². The number of hydrogen-bond acceptors (Lipinski definition) is 5. The van der Waals surface area contributed by atoms with Crippen LogP contribution in [-0.2, 0) is 0 Å². The van der Waals surface area contributed by atoms with Crippen molar-refractivity contribution in [3.05, 3.63) is 54.6 Å². The van der Waals surface area contributed by atoms with Crippen LogP contribution in [0.4, 0.5) is 17.5 Å². The van der Waals surface area contributed by atoms with Crippen LogP contribution in [0.5, 0.6) is 0 Å². The number of nitrogens with one attached hydrogen (secondary N) is 1. The molecule has 0 spiro atoms. The van der Waals surface area contributed by atoms with Crippen molar-refractivity contribution in [2.45, 2.75) is 6.92 Å². The van der Waals surface area contributed by atoms with Crippen LogP contribution < -0.4 is 15.1 Å². The molecule has 1 saturated heterocycles. The number of benzene rings is 2. The number of anilines is 3. The fourth-order valence-electron chi connectivity index (χ4n) is 3.31. The van der Waals surface area contributed by atoms with E-state index in [1.165, 1.54) is 5.69 Å². The summed E-state index contributed by atoms with van der Waals surface area (Å²) in [6, 6.07) is 18.8. The molecule has 128 valence electrons. The Morgan fingerprint density at radius 1 is 0.840 bits per heavy atom. The van der Waals surface area contributed by atoms with Gasteiger partial charge < -0.3 is 15.1 Å². The van der Waals surface area contributed by atoms with E-state index in [0.29, 0.717) is 0 Å². The molecule has 0 radical (unpaired) electrons. The van der Waals surface area contributed by atoms with Crippen molar-refractivity contribution in [2.24, 2.45) is 0 Å². The van der Waals surface area contributed by atoms with Crippen molar-refractivity contribution in [3.8, 4) is 0 Å². The van der Waals surface area contributed by atoms with E-state index in [4.69, 9.17) is 9.97 Å². The topological polar surface area (TPSA) is 44.3 Å². The lowest BCUT2D eigenvalue weighted by molar-refractivity contribution is 0.641. The van der Waals surface area contributed by atoms with Crippen molar-refractivity contribution in [1.29, 1.82) is 0 Å². The molecule has 0 atom stereocenters. The van der Waals surface area contributed by atoms with Crippen molar-refractivity contribution in [3.63, 3.8) is 0 Å². The van der Waals surface area contributed by atoms with E-state index in [9.17, 15) is 0 Å². The van der Waals surface area contributed by atoms with E-state index in [2.05, 4.69) is 64.5 Å². The normalized spacial score (nSPS) is 14.8. The first-order chi connectivity index (χ1) is 12.3. The van der Waals surface area contributed by atoms with E-state index < -0.39 is 0 Å². The molecule has 5 heteroatoms. The average Bonchev–Trinajstić information content (AvgIpc) is 2.69. The van der Waals surface area contributed by atoms with Gasteiger partial charge in [-0.15, -0.1) is 0 Å². The van der Waals surface area contributed by atoms with Gasteiger partial charge in [0.2, 0.25) is 5.95 Å². The van der Waals surface area contributed by atoms with Crippen LogP contribution in [0.15, 0.2) is 54.6 Å². The maximum Gasteiger partial charge on any atom is 0.228 e. The number of aromatic nitrogens is 2. The minimum Gasteiger partial charge on any atom is -0.370 e. The SMILES string of the molecule is CCNc1nc(N2CCN(c3ccccc3)CC2)nc2ccccc12. The van der Waals surface area contributed by atoms with Crippen LogP contribution in [0.2, 0.25) is 0 Å². The highest BCUT2D eigenvalue weighted by molar-refractivity contribution is 5.90. The third kappa shape index (κ3) is 3.22. The molecule has 0 unspecified atom stereocenters. The van der Waals surface area contributed by atoms with Crippen molar-refractivity contribution < 1.29 is 0 Å². The summed E-state index contributed by atoms with van der Waals surface area (Å²) in [5.74, 6) is 1.75. The molecule has 0 aliphatic carbocycles. The summed E-state index contributed by atoms with van der Waals surface area (Å²) < 4.78 is 0. The first-order valence-corrected chi connectivity index (χ1v) is 8.91. The third-order valence-corrected chi connectivity index (χ3v) is 4.62. The second-order valence-corrected chi connectivity index (χ2v) is 6.23. The monoisotopic (exact) mass is 333 g/mol. The average molecular weight is 333 g/mol. The lowest BCUT2D eigenvalue weighted by Gasteiger charge is -2.36. The molecule has 1 aliphatic heterocycles. The van der Waals surface area contributed by atoms with Gasteiger partial charge in [0.15, 0.2) is 0 Å². The molecule has 3 aromatic rings. The summed E-state index contributed by atoms with van der Waals surface area (Å²) in [6.45, 7) is 6.77. The third-order valence-electron chi connectivity index (χ3n) is 4.62. The molecule has 1 N–H and O–H groups in total. The van der Waals surface area contributed by atoms with E-state index in [-0.39, 0.29) is 0 Å². The van der Waals surface area contributed by atoms with Gasteiger partial charge in [-0.25, -0.2) is 4.98 Å². The highest BCUT2D eigenvalue weighted by Crippen LogP contribution is 2.24. The molecular formula is C20H23N5. The Kier molecular flexibility index (Phi) is 4.37. The second-order valence-electron chi connectivity index (χ2n) is 6.23. The van der Waals surface area contributed by atoms with Crippen molar-refractivity contribution >= 4 is 28.4 Å². The first-order valence-electron chi connectivity index (χ1n) is 8.91. The zero-order valence-electron chi connectivity index (χ0n) is 14.5. The van der Waals surface area contributed by atoms with Crippen LogP contribution in [0.3, 0.4) is 0 Å². The van der Waals surface area contributed by atoms with E-state index >= 15 is 0 Å². The Morgan fingerprint density at radius 2 is 1.52 bits per heavy atom. The Labute approximate surface area is 148 Å². The zero-order chi connectivity index (χ0) is 17.1. The zero-order valence-corrected chi connectivity index (χ0v) is 14.5. The van der Waals surface area contributed by atoms with Gasteiger partial charge in [-0.05, 0) is 31.2 Å². The van der Waals surface area contributed by atoms with Gasteiger partial charge in [0.1, 0.15) is 5.82 Å². The number of fused-ring (bicyclic) bond motifs is 1. The molecule has 2 aromatic carbocycles. The van der Waals surface area contributed by atoms with Crippen LogP contribution >= 0.6 is 0 Å². The van der Waals surface area contributed by atoms with Crippen LogP contribution in [0.1, 0.15) is 6.92 Å². The van der Waals surface area contributed by atoms with Gasteiger partial charge in [0, 0.05) is 43.8 Å². The Bertz CT molecular complexity index is 841. The second kappa shape index (κ2) is 6.97. The Morgan fingerprint density at radius 3 is 2.28 bits per heavy atom. The summed E-state index contributed by atoms with van der Waals surface area (Å²) in [4.78, 5) is 14.3. The standard InChI is InChI=1S/C20H23N5/c1-2-21-19-17-10-6-7-11-18(17)22-20(23-19)25-14-12-24(13-15-25)16-8-4-3-5-9-16/h3-11H,2,12-15H2,1H3,(H,21,22,23). The summed E-state index contributed by atoms with van der Waals surface area (Å²) >= 11 is 0. The van der Waals surface area contributed by atoms with Gasteiger partial charge >= 0.3 is 0 Å². The van der Waals surface area contributed by atoms with Crippen LogP contribution in [-0.4, -0.2) is 42.7 Å². The molecule has 4 rings (SSSR count). The maximum atomic E-state index is 4.80. The largest absolute Gasteiger partial charge is 0.370 e. The maximum absolute atomic E-state index is 4.80. The molecule has 0 amide bonds. The number of piperazine rings is 1. The van der Waals surface area contributed by atoms with Crippen LogP contribution in [0, 0.1) is 0 Å². The van der Waals surface area contributed by atoms with Crippen molar-refractivity contribution in [1.82, 2.24) is 9.97 Å². The number of hydrogen-bond donors (Lipinski definition) is 1. The summed E-state index contributed by atoms with van der Waals surface area (Å²) in [5.41, 5.74) is 2.28. The Balaban J connectivity index is 1.56. The highest BCUT2D eigenvalue weighted by Gasteiger charge is 2.20. The number of rotatable bonds is 4. The smallest absolute Gasteiger partial charge is 0.228 e. The first kappa shape index (κ1) is 15.7. The van der Waals surface area contributed by atoms with Gasteiger partial charge in [-0.3, -0.25) is 0 Å². The molecule has 1 aliphatic rings. The molecule has 1 fully saturated rings. The van der Waals surface area contributed by atoms with Crippen molar-refractivity contribution in [2.75, 3.05) is 47.8 Å². The molecule has 0 saturated carbocycles. The van der Waals surface area contributed by atoms with E-state index in [1.807, 2.05) is 12.1 Å². The molecule has 0 bridgehead atoms. The molecule has 2 heterocycles. The van der Waals surface area contributed by atoms with E-state index in [0.717, 1.165) is 55.4 Å². The van der Waals surface area contributed by atoms with Gasteiger partial charge in [0.25, 0.3) is 0 Å². The van der Waals surface area contributed by atoms with Gasteiger partial charge in [-0.1, -0.05) is 30.3 Å². The summed E-state index contributed by atoms with van der Waals surface area (Å²) in [6.07, 6.45) is 0. The quantitative estimate of drug-likeness (QED) is 0.793. The molecule has 5 nitrogen and oxygen atoms in total. The predicted octanol–water partition coefficient (Wildman–Crippen LogP) is 3.39. The highest BCUT2D eigenvalue weighted by atomic mass is 15.3. The molecule has 25 heavy (non-hydrogen) atoms. The molecular weight excluding hydrogens is 310 g/mol. The lowest BCUT2D eigenvalue weighted by atomic mass is 10.2. The lowest BCUT2D eigenvalue weighted by Crippen LogP contribution is -2.47. The number of nitrogens with zero attached hydrogens (tertiary/aromatic N) is 4. The van der Waals surface area contributed by atoms with E-state index in [1.54, 1.807) is 0 Å². The minimum absolute atomic E-state index is 0.822. The van der Waals surface area contributed by atoms with Gasteiger partial charge in [0.05, 0.1) is 5.52 Å². The van der Waals surface area contributed by atoms with Gasteiger partial charge in [-0.2, -0.15) is 4.98 Å². The predicted molar refractivity (Wildman–Crippen MR) is 105 cm³/mol. The summed E-state index contributed by atoms with van der Waals surface area (Å²) in [7, 11) is 0. The Hall–Kier alpha value is -2.82. The molecule has 1 aromatic heterocycles. The fourth-order valence-corrected chi connectivity index (χ4v) is 3.31. The fraction of sp³-hybridized carbons (Fsp3) is 0.300.